The molecule has 0 aliphatic rings. The summed E-state index contributed by atoms with van der Waals surface area (Å²) in [4.78, 5) is 0. The van der Waals surface area contributed by atoms with E-state index in [1.54, 1.807) is 0 Å². The lowest BCUT2D eigenvalue weighted by Gasteiger charge is -2.14. The summed E-state index contributed by atoms with van der Waals surface area (Å²) in [6, 6.07) is 15.8. The van der Waals surface area contributed by atoms with E-state index < -0.39 is 0 Å². The van der Waals surface area contributed by atoms with E-state index in [1.807, 2.05) is 53.2 Å². The first kappa shape index (κ1) is 11.2. The van der Waals surface area contributed by atoms with Gasteiger partial charge < -0.3 is 0 Å². The Morgan fingerprint density at radius 1 is 1.06 bits per heavy atom. The van der Waals surface area contributed by atoms with Crippen LogP contribution in [-0.2, 0) is 0 Å². The van der Waals surface area contributed by atoms with Crippen molar-refractivity contribution >= 4 is 22.6 Å². The molecule has 2 aromatic carbocycles. The van der Waals surface area contributed by atoms with Crippen LogP contribution in [0.2, 0.25) is 5.02 Å². The topological polar surface area (TPSA) is 30.7 Å². The van der Waals surface area contributed by atoms with Crippen LogP contribution >= 0.6 is 11.6 Å². The predicted molar refractivity (Wildman–Crippen MR) is 72.8 cm³/mol. The lowest BCUT2D eigenvalue weighted by Crippen LogP contribution is -2.09. The zero-order valence-electron chi connectivity index (χ0n) is 9.92. The van der Waals surface area contributed by atoms with Crippen LogP contribution in [0.15, 0.2) is 48.5 Å². The van der Waals surface area contributed by atoms with Gasteiger partial charge in [-0.25, -0.2) is 4.68 Å². The van der Waals surface area contributed by atoms with E-state index in [9.17, 15) is 0 Å². The summed E-state index contributed by atoms with van der Waals surface area (Å²) in [7, 11) is 0. The maximum absolute atomic E-state index is 6.23. The molecule has 0 bridgehead atoms. The first-order chi connectivity index (χ1) is 8.77. The van der Waals surface area contributed by atoms with Gasteiger partial charge in [0.15, 0.2) is 0 Å². The van der Waals surface area contributed by atoms with Gasteiger partial charge in [-0.15, -0.1) is 5.10 Å². The van der Waals surface area contributed by atoms with E-state index in [0.29, 0.717) is 0 Å². The van der Waals surface area contributed by atoms with Crippen LogP contribution in [0.3, 0.4) is 0 Å². The molecule has 3 rings (SSSR count). The molecule has 0 N–H and O–H groups in total. The Bertz CT molecular complexity index is 690. The lowest BCUT2D eigenvalue weighted by molar-refractivity contribution is 0.560. The van der Waals surface area contributed by atoms with Gasteiger partial charge in [0.25, 0.3) is 0 Å². The number of hydrogen-bond donors (Lipinski definition) is 0. The number of hydrogen-bond acceptors (Lipinski definition) is 2. The third-order valence-electron chi connectivity index (χ3n) is 3.10. The monoisotopic (exact) mass is 257 g/mol. The molecule has 3 nitrogen and oxygen atoms in total. The van der Waals surface area contributed by atoms with Gasteiger partial charge in [-0.2, -0.15) is 0 Å². The first-order valence-corrected chi connectivity index (χ1v) is 6.19. The van der Waals surface area contributed by atoms with Crippen LogP contribution in [0.1, 0.15) is 18.5 Å². The highest BCUT2D eigenvalue weighted by Gasteiger charge is 2.14. The fourth-order valence-corrected chi connectivity index (χ4v) is 2.41. The summed E-state index contributed by atoms with van der Waals surface area (Å²) in [6.45, 7) is 2.07. The van der Waals surface area contributed by atoms with E-state index in [1.165, 1.54) is 0 Å². The zero-order chi connectivity index (χ0) is 12.5. The van der Waals surface area contributed by atoms with Crippen molar-refractivity contribution < 1.29 is 0 Å². The molecule has 1 aromatic heterocycles. The quantitative estimate of drug-likeness (QED) is 0.701. The summed E-state index contributed by atoms with van der Waals surface area (Å²) in [5.74, 6) is 0. The fourth-order valence-electron chi connectivity index (χ4n) is 2.12. The Morgan fingerprint density at radius 3 is 2.61 bits per heavy atom. The Labute approximate surface area is 110 Å². The van der Waals surface area contributed by atoms with Crippen LogP contribution in [0, 0.1) is 0 Å². The van der Waals surface area contributed by atoms with Gasteiger partial charge in [0.2, 0.25) is 0 Å². The van der Waals surface area contributed by atoms with E-state index in [4.69, 9.17) is 11.6 Å². The molecule has 0 radical (unpaired) electrons. The minimum Gasteiger partial charge on any atom is -0.237 e. The molecule has 0 fully saturated rings. The van der Waals surface area contributed by atoms with Crippen molar-refractivity contribution in [1.29, 1.82) is 0 Å². The number of fused-ring (bicyclic) bond motifs is 1. The first-order valence-electron chi connectivity index (χ1n) is 5.82. The van der Waals surface area contributed by atoms with Gasteiger partial charge in [-0.3, -0.25) is 0 Å². The maximum Gasteiger partial charge on any atom is 0.113 e. The molecular weight excluding hydrogens is 246 g/mol. The second-order valence-electron chi connectivity index (χ2n) is 4.22. The maximum atomic E-state index is 6.23. The van der Waals surface area contributed by atoms with Crippen LogP contribution in [0.4, 0.5) is 0 Å². The second-order valence-corrected chi connectivity index (χ2v) is 4.63. The molecule has 0 saturated heterocycles. The van der Waals surface area contributed by atoms with Crippen LogP contribution in [0.25, 0.3) is 11.0 Å². The standard InChI is InChI=1S/C14H12ClN3/c1-10(11-6-2-3-7-12(11)15)18-14-9-5-4-8-13(14)16-17-18/h2-10H,1H3/t10-/m1/s1. The summed E-state index contributed by atoms with van der Waals surface area (Å²) in [5, 5.41) is 9.14. The van der Waals surface area contributed by atoms with Crippen molar-refractivity contribution in [2.45, 2.75) is 13.0 Å². The van der Waals surface area contributed by atoms with Crippen LogP contribution in [-0.4, -0.2) is 15.0 Å². The van der Waals surface area contributed by atoms with E-state index in [2.05, 4.69) is 17.2 Å². The molecule has 0 aliphatic heterocycles. The highest BCUT2D eigenvalue weighted by Crippen LogP contribution is 2.27. The molecule has 18 heavy (non-hydrogen) atoms. The van der Waals surface area contributed by atoms with Crippen molar-refractivity contribution in [3.8, 4) is 0 Å². The average molecular weight is 258 g/mol. The molecule has 4 heteroatoms. The van der Waals surface area contributed by atoms with Gasteiger partial charge in [0.1, 0.15) is 5.52 Å². The van der Waals surface area contributed by atoms with Crippen molar-refractivity contribution in [2.24, 2.45) is 0 Å². The van der Waals surface area contributed by atoms with Crippen molar-refractivity contribution in [3.63, 3.8) is 0 Å². The molecular formula is C14H12ClN3. The van der Waals surface area contributed by atoms with E-state index in [-0.39, 0.29) is 6.04 Å². The highest BCUT2D eigenvalue weighted by atomic mass is 35.5. The molecule has 3 aromatic rings. The van der Waals surface area contributed by atoms with Gasteiger partial charge in [0, 0.05) is 5.02 Å². The van der Waals surface area contributed by atoms with Gasteiger partial charge in [-0.05, 0) is 30.7 Å². The summed E-state index contributed by atoms with van der Waals surface area (Å²) in [5.41, 5.74) is 2.97. The summed E-state index contributed by atoms with van der Waals surface area (Å²) < 4.78 is 1.90. The van der Waals surface area contributed by atoms with Crippen LogP contribution < -0.4 is 0 Å². The van der Waals surface area contributed by atoms with Gasteiger partial charge >= 0.3 is 0 Å². The Morgan fingerprint density at radius 2 is 1.78 bits per heavy atom. The SMILES string of the molecule is C[C@H](c1ccccc1Cl)n1nnc2ccccc21. The van der Waals surface area contributed by atoms with Crippen molar-refractivity contribution in [1.82, 2.24) is 15.0 Å². The molecule has 0 unspecified atom stereocenters. The van der Waals surface area contributed by atoms with E-state index >= 15 is 0 Å². The van der Waals surface area contributed by atoms with Gasteiger partial charge in [-0.1, -0.05) is 47.1 Å². The molecule has 0 aliphatic carbocycles. The number of nitrogens with zero attached hydrogens (tertiary/aromatic N) is 3. The fraction of sp³-hybridized carbons (Fsp3) is 0.143. The third kappa shape index (κ3) is 1.77. The zero-order valence-corrected chi connectivity index (χ0v) is 10.7. The number of rotatable bonds is 2. The molecule has 90 valence electrons. The number of halogens is 1. The van der Waals surface area contributed by atoms with Crippen molar-refractivity contribution in [2.75, 3.05) is 0 Å². The summed E-state index contributed by atoms with van der Waals surface area (Å²) in [6.07, 6.45) is 0. The number of para-hydroxylation sites is 1. The molecule has 0 saturated carbocycles. The number of aromatic nitrogens is 3. The molecule has 0 spiro atoms. The molecule has 1 heterocycles. The Balaban J connectivity index is 2.13. The minimum absolute atomic E-state index is 0.0612. The molecule has 1 atom stereocenters. The Hall–Kier alpha value is -1.87. The van der Waals surface area contributed by atoms with Crippen molar-refractivity contribution in [3.05, 3.63) is 59.1 Å². The lowest BCUT2D eigenvalue weighted by atomic mass is 10.1. The molecule has 0 amide bonds. The Kier molecular flexibility index (Phi) is 2.76. The number of benzene rings is 2. The smallest absolute Gasteiger partial charge is 0.113 e. The third-order valence-corrected chi connectivity index (χ3v) is 3.44. The average Bonchev–Trinajstić information content (AvgIpc) is 2.82. The largest absolute Gasteiger partial charge is 0.237 e. The van der Waals surface area contributed by atoms with E-state index in [0.717, 1.165) is 21.6 Å². The predicted octanol–water partition coefficient (Wildman–Crippen LogP) is 3.69. The second kappa shape index (κ2) is 4.42. The summed E-state index contributed by atoms with van der Waals surface area (Å²) >= 11 is 6.23. The minimum atomic E-state index is 0.0612. The van der Waals surface area contributed by atoms with Crippen LogP contribution in [0.5, 0.6) is 0 Å². The highest BCUT2D eigenvalue weighted by molar-refractivity contribution is 6.31. The normalized spacial score (nSPS) is 12.8. The van der Waals surface area contributed by atoms with Gasteiger partial charge in [0.05, 0.1) is 11.6 Å².